The number of nitrogens with one attached hydrogen (secondary N) is 2. The molecule has 0 aromatic heterocycles. The first-order valence-corrected chi connectivity index (χ1v) is 8.80. The molecule has 138 valence electrons. The van der Waals surface area contributed by atoms with E-state index in [1.807, 2.05) is 36.2 Å². The number of ether oxygens (including phenoxy) is 1. The lowest BCUT2D eigenvalue weighted by atomic mass is 9.90. The fraction of sp³-hybridized carbons (Fsp3) is 0.278. The van der Waals surface area contributed by atoms with Gasteiger partial charge >= 0.3 is 0 Å². The van der Waals surface area contributed by atoms with Crippen molar-refractivity contribution >= 4 is 34.8 Å². The lowest BCUT2D eigenvalue weighted by Crippen LogP contribution is -2.45. The number of hydroxylamine groups is 1. The summed E-state index contributed by atoms with van der Waals surface area (Å²) < 4.78 is 5.22. The van der Waals surface area contributed by atoms with Gasteiger partial charge in [-0.25, -0.2) is 10.9 Å². The van der Waals surface area contributed by atoms with Crippen LogP contribution in [0.2, 0.25) is 10.0 Å². The highest BCUT2D eigenvalue weighted by Gasteiger charge is 2.44. The summed E-state index contributed by atoms with van der Waals surface area (Å²) >= 11 is 12.4. The minimum absolute atomic E-state index is 0.151. The Morgan fingerprint density at radius 2 is 1.92 bits per heavy atom. The van der Waals surface area contributed by atoms with E-state index in [9.17, 15) is 4.79 Å². The molecule has 3 N–H and O–H groups in total. The molecule has 1 amide bonds. The van der Waals surface area contributed by atoms with Crippen molar-refractivity contribution in [2.24, 2.45) is 5.92 Å². The standard InChI is InChI=1S/C18H19Cl2N3O3/c1-10-16(18(24)22-25)21-23(15-8-5-12(19)9-14(15)20)17(10)11-3-6-13(26-2)7-4-11/h3-10,16-17,21,25H,1-2H3,(H,22,24). The number of methoxy groups -OCH3 is 1. The second-order valence-corrected chi connectivity index (χ2v) is 6.97. The van der Waals surface area contributed by atoms with Gasteiger partial charge < -0.3 is 4.74 Å². The second-order valence-electron chi connectivity index (χ2n) is 6.13. The lowest BCUT2D eigenvalue weighted by molar-refractivity contribution is -0.131. The van der Waals surface area contributed by atoms with Gasteiger partial charge in [0.1, 0.15) is 11.8 Å². The van der Waals surface area contributed by atoms with E-state index in [0.717, 1.165) is 11.3 Å². The molecule has 0 spiro atoms. The van der Waals surface area contributed by atoms with Crippen molar-refractivity contribution < 1.29 is 14.7 Å². The Hall–Kier alpha value is -1.99. The van der Waals surface area contributed by atoms with Gasteiger partial charge in [0, 0.05) is 10.9 Å². The second kappa shape index (κ2) is 7.72. The van der Waals surface area contributed by atoms with Crippen LogP contribution in [0.15, 0.2) is 42.5 Å². The number of hydrogen-bond donors (Lipinski definition) is 3. The van der Waals surface area contributed by atoms with E-state index >= 15 is 0 Å². The highest BCUT2D eigenvalue weighted by Crippen LogP contribution is 2.42. The molecule has 2 aromatic rings. The van der Waals surface area contributed by atoms with Crippen LogP contribution in [0.3, 0.4) is 0 Å². The molecule has 26 heavy (non-hydrogen) atoms. The summed E-state index contributed by atoms with van der Waals surface area (Å²) in [4.78, 5) is 12.1. The number of halogens is 2. The van der Waals surface area contributed by atoms with Crippen molar-refractivity contribution in [2.45, 2.75) is 19.0 Å². The zero-order valence-electron chi connectivity index (χ0n) is 14.2. The van der Waals surface area contributed by atoms with Crippen LogP contribution in [-0.4, -0.2) is 24.3 Å². The van der Waals surface area contributed by atoms with Crippen molar-refractivity contribution in [3.8, 4) is 5.75 Å². The molecule has 1 heterocycles. The summed E-state index contributed by atoms with van der Waals surface area (Å²) in [6.07, 6.45) is 0. The third-order valence-corrected chi connectivity index (χ3v) is 5.14. The third kappa shape index (κ3) is 3.46. The molecule has 3 rings (SSSR count). The van der Waals surface area contributed by atoms with Crippen LogP contribution < -0.4 is 20.7 Å². The Bertz CT molecular complexity index is 801. The first-order chi connectivity index (χ1) is 12.5. The van der Waals surface area contributed by atoms with Crippen LogP contribution in [0.1, 0.15) is 18.5 Å². The molecule has 1 saturated heterocycles. The van der Waals surface area contributed by atoms with E-state index in [4.69, 9.17) is 33.1 Å². The zero-order valence-corrected chi connectivity index (χ0v) is 15.8. The molecule has 0 bridgehead atoms. The summed E-state index contributed by atoms with van der Waals surface area (Å²) in [6.45, 7) is 1.94. The number of hydrazine groups is 1. The van der Waals surface area contributed by atoms with Gasteiger partial charge in [-0.1, -0.05) is 42.3 Å². The first kappa shape index (κ1) is 18.8. The molecule has 0 radical (unpaired) electrons. The van der Waals surface area contributed by atoms with Gasteiger partial charge in [0.25, 0.3) is 5.91 Å². The maximum atomic E-state index is 12.1. The number of carbonyl (C=O) groups is 1. The fourth-order valence-corrected chi connectivity index (χ4v) is 3.78. The van der Waals surface area contributed by atoms with Gasteiger partial charge in [-0.15, -0.1) is 0 Å². The van der Waals surface area contributed by atoms with E-state index in [2.05, 4.69) is 5.43 Å². The average Bonchev–Trinajstić information content (AvgIpc) is 2.98. The molecule has 1 aliphatic heterocycles. The molecule has 8 heteroatoms. The van der Waals surface area contributed by atoms with Crippen LogP contribution in [-0.2, 0) is 4.79 Å². The fourth-order valence-electron chi connectivity index (χ4n) is 3.28. The Kier molecular flexibility index (Phi) is 5.58. The summed E-state index contributed by atoms with van der Waals surface area (Å²) in [7, 11) is 1.61. The van der Waals surface area contributed by atoms with E-state index in [1.165, 1.54) is 0 Å². The van der Waals surface area contributed by atoms with Crippen LogP contribution in [0.25, 0.3) is 0 Å². The molecule has 2 aromatic carbocycles. The molecule has 0 saturated carbocycles. The van der Waals surface area contributed by atoms with Crippen LogP contribution in [0.5, 0.6) is 5.75 Å². The summed E-state index contributed by atoms with van der Waals surface area (Å²) in [5.41, 5.74) is 6.54. The predicted octanol–water partition coefficient (Wildman–Crippen LogP) is 3.58. The maximum absolute atomic E-state index is 12.1. The molecule has 3 atom stereocenters. The van der Waals surface area contributed by atoms with Gasteiger partial charge in [0.05, 0.1) is 23.9 Å². The first-order valence-electron chi connectivity index (χ1n) is 8.04. The Labute approximate surface area is 161 Å². The van der Waals surface area contributed by atoms with Gasteiger partial charge in [-0.05, 0) is 35.9 Å². The summed E-state index contributed by atoms with van der Waals surface area (Å²) in [5.74, 6) is 0.0824. The monoisotopic (exact) mass is 395 g/mol. The topological polar surface area (TPSA) is 73.8 Å². The van der Waals surface area contributed by atoms with Gasteiger partial charge in [0.15, 0.2) is 0 Å². The number of hydrogen-bond acceptors (Lipinski definition) is 5. The highest BCUT2D eigenvalue weighted by atomic mass is 35.5. The van der Waals surface area contributed by atoms with Gasteiger partial charge in [-0.2, -0.15) is 0 Å². The number of amides is 1. The van der Waals surface area contributed by atoms with Gasteiger partial charge in [-0.3, -0.25) is 15.0 Å². The maximum Gasteiger partial charge on any atom is 0.262 e. The third-order valence-electron chi connectivity index (χ3n) is 4.60. The molecular weight excluding hydrogens is 377 g/mol. The number of nitrogens with zero attached hydrogens (tertiary/aromatic N) is 1. The van der Waals surface area contributed by atoms with Crippen molar-refractivity contribution in [1.82, 2.24) is 10.9 Å². The van der Waals surface area contributed by atoms with Crippen molar-refractivity contribution in [2.75, 3.05) is 12.1 Å². The quantitative estimate of drug-likeness (QED) is 0.544. The van der Waals surface area contributed by atoms with Crippen LogP contribution in [0, 0.1) is 5.92 Å². The average molecular weight is 396 g/mol. The molecule has 6 nitrogen and oxygen atoms in total. The Balaban J connectivity index is 2.04. The minimum Gasteiger partial charge on any atom is -0.497 e. The van der Waals surface area contributed by atoms with E-state index in [1.54, 1.807) is 30.8 Å². The normalized spacial score (nSPS) is 22.3. The number of benzene rings is 2. The highest BCUT2D eigenvalue weighted by molar-refractivity contribution is 6.36. The van der Waals surface area contributed by atoms with Gasteiger partial charge in [0.2, 0.25) is 0 Å². The smallest absolute Gasteiger partial charge is 0.262 e. The number of carbonyl (C=O) groups excluding carboxylic acids is 1. The molecule has 0 aliphatic carbocycles. The molecule has 3 unspecified atom stereocenters. The van der Waals surface area contributed by atoms with Crippen LogP contribution in [0.4, 0.5) is 5.69 Å². The molecular formula is C18H19Cl2N3O3. The van der Waals surface area contributed by atoms with Crippen molar-refractivity contribution in [3.63, 3.8) is 0 Å². The lowest BCUT2D eigenvalue weighted by Gasteiger charge is -2.29. The molecule has 1 aliphatic rings. The SMILES string of the molecule is COc1ccc(C2C(C)C(C(=O)NO)NN2c2ccc(Cl)cc2Cl)cc1. The number of rotatable bonds is 4. The minimum atomic E-state index is -0.626. The predicted molar refractivity (Wildman–Crippen MR) is 101 cm³/mol. The van der Waals surface area contributed by atoms with Crippen LogP contribution >= 0.6 is 23.2 Å². The van der Waals surface area contributed by atoms with E-state index < -0.39 is 11.9 Å². The molecule has 1 fully saturated rings. The summed E-state index contributed by atoms with van der Waals surface area (Å²) in [5, 5.41) is 11.9. The van der Waals surface area contributed by atoms with Crippen molar-refractivity contribution in [1.29, 1.82) is 0 Å². The Morgan fingerprint density at radius 1 is 1.23 bits per heavy atom. The largest absolute Gasteiger partial charge is 0.497 e. The van der Waals surface area contributed by atoms with Crippen molar-refractivity contribution in [3.05, 3.63) is 58.1 Å². The summed E-state index contributed by atoms with van der Waals surface area (Å²) in [6, 6.07) is 12.0. The number of anilines is 1. The zero-order chi connectivity index (χ0) is 18.8. The Morgan fingerprint density at radius 3 is 2.50 bits per heavy atom. The van der Waals surface area contributed by atoms with E-state index in [0.29, 0.717) is 15.7 Å². The van der Waals surface area contributed by atoms with E-state index in [-0.39, 0.29) is 12.0 Å².